The molecule has 0 aliphatic carbocycles. The first kappa shape index (κ1) is 19.6. The van der Waals surface area contributed by atoms with E-state index in [0.29, 0.717) is 17.1 Å². The van der Waals surface area contributed by atoms with Gasteiger partial charge in [-0.15, -0.1) is 0 Å². The number of nitrogens with one attached hydrogen (secondary N) is 1. The van der Waals surface area contributed by atoms with Crippen molar-refractivity contribution >= 4 is 27.5 Å². The first-order chi connectivity index (χ1) is 13.3. The number of aromatic nitrogens is 2. The maximum absolute atomic E-state index is 12.6. The van der Waals surface area contributed by atoms with Crippen molar-refractivity contribution in [3.8, 4) is 17.2 Å². The van der Waals surface area contributed by atoms with Gasteiger partial charge in [-0.1, -0.05) is 15.9 Å². The molecule has 0 saturated heterocycles. The summed E-state index contributed by atoms with van der Waals surface area (Å²) >= 11 is 3.32. The van der Waals surface area contributed by atoms with E-state index in [1.54, 1.807) is 48.5 Å². The smallest absolute Gasteiger partial charge is 0.279 e. The highest BCUT2D eigenvalue weighted by Crippen LogP contribution is 2.19. The SMILES string of the molecule is CC(C)Oc1ccc(NC(=O)c2nn(-c3ccc(Br)cc3)c(=O)cc2O)cc1. The molecule has 2 aromatic carbocycles. The Hall–Kier alpha value is -3.13. The second kappa shape index (κ2) is 8.26. The molecule has 1 heterocycles. The van der Waals surface area contributed by atoms with Crippen molar-refractivity contribution in [3.63, 3.8) is 0 Å². The van der Waals surface area contributed by atoms with Gasteiger partial charge in [0.05, 0.1) is 11.8 Å². The Morgan fingerprint density at radius 2 is 1.79 bits per heavy atom. The molecule has 1 aromatic heterocycles. The van der Waals surface area contributed by atoms with Crippen molar-refractivity contribution in [2.45, 2.75) is 20.0 Å². The van der Waals surface area contributed by atoms with Gasteiger partial charge in [-0.25, -0.2) is 0 Å². The molecule has 0 radical (unpaired) electrons. The van der Waals surface area contributed by atoms with Crippen LogP contribution >= 0.6 is 15.9 Å². The number of ether oxygens (including phenoxy) is 1. The first-order valence-corrected chi connectivity index (χ1v) is 9.30. The monoisotopic (exact) mass is 443 g/mol. The minimum Gasteiger partial charge on any atom is -0.505 e. The highest BCUT2D eigenvalue weighted by Gasteiger charge is 2.17. The van der Waals surface area contributed by atoms with Crippen molar-refractivity contribution in [2.24, 2.45) is 0 Å². The van der Waals surface area contributed by atoms with E-state index in [0.717, 1.165) is 15.2 Å². The van der Waals surface area contributed by atoms with E-state index in [1.165, 1.54) is 0 Å². The molecule has 0 unspecified atom stereocenters. The summed E-state index contributed by atoms with van der Waals surface area (Å²) in [6, 6.07) is 14.6. The zero-order valence-corrected chi connectivity index (χ0v) is 16.8. The number of carbonyl (C=O) groups excluding carboxylic acids is 1. The number of rotatable bonds is 5. The Labute approximate surface area is 169 Å². The topological polar surface area (TPSA) is 93.5 Å². The Bertz CT molecular complexity index is 1040. The summed E-state index contributed by atoms with van der Waals surface area (Å²) in [4.78, 5) is 24.7. The van der Waals surface area contributed by atoms with Gasteiger partial charge in [-0.2, -0.15) is 9.78 Å². The normalized spacial score (nSPS) is 10.7. The Morgan fingerprint density at radius 3 is 2.39 bits per heavy atom. The van der Waals surface area contributed by atoms with Crippen LogP contribution in [0.25, 0.3) is 5.69 Å². The number of hydrogen-bond acceptors (Lipinski definition) is 5. The fourth-order valence-electron chi connectivity index (χ4n) is 2.46. The molecule has 0 aliphatic heterocycles. The molecule has 0 fully saturated rings. The standard InChI is InChI=1S/C20H18BrN3O4/c1-12(2)28-16-9-5-14(6-10-16)22-20(27)19-17(25)11-18(26)24(23-19)15-7-3-13(21)4-8-15/h3-12,25H,1-2H3,(H,22,27). The quantitative estimate of drug-likeness (QED) is 0.626. The lowest BCUT2D eigenvalue weighted by Crippen LogP contribution is -2.25. The van der Waals surface area contributed by atoms with Gasteiger partial charge in [-0.05, 0) is 62.4 Å². The number of halogens is 1. The Kier molecular flexibility index (Phi) is 5.79. The van der Waals surface area contributed by atoms with Gasteiger partial charge in [0.15, 0.2) is 11.4 Å². The summed E-state index contributed by atoms with van der Waals surface area (Å²) in [6.07, 6.45) is 0.0428. The van der Waals surface area contributed by atoms with Crippen LogP contribution in [0.15, 0.2) is 63.9 Å². The highest BCUT2D eigenvalue weighted by molar-refractivity contribution is 9.10. The van der Waals surface area contributed by atoms with E-state index in [-0.39, 0.29) is 11.8 Å². The summed E-state index contributed by atoms with van der Waals surface area (Å²) in [5.41, 5.74) is 0.165. The van der Waals surface area contributed by atoms with Gasteiger partial charge in [-0.3, -0.25) is 9.59 Å². The molecular weight excluding hydrogens is 426 g/mol. The minimum absolute atomic E-state index is 0.0428. The summed E-state index contributed by atoms with van der Waals surface area (Å²) in [5, 5.41) is 16.7. The fourth-order valence-corrected chi connectivity index (χ4v) is 2.72. The van der Waals surface area contributed by atoms with Crippen molar-refractivity contribution in [2.75, 3.05) is 5.32 Å². The van der Waals surface area contributed by atoms with Gasteiger partial charge in [0.25, 0.3) is 11.5 Å². The van der Waals surface area contributed by atoms with Crippen LogP contribution in [0.4, 0.5) is 5.69 Å². The van der Waals surface area contributed by atoms with E-state index in [1.807, 2.05) is 13.8 Å². The highest BCUT2D eigenvalue weighted by atomic mass is 79.9. The van der Waals surface area contributed by atoms with Crippen LogP contribution in [0.5, 0.6) is 11.5 Å². The zero-order chi connectivity index (χ0) is 20.3. The van der Waals surface area contributed by atoms with Crippen LogP contribution < -0.4 is 15.6 Å². The molecule has 8 heteroatoms. The van der Waals surface area contributed by atoms with Gasteiger partial charge in [0.1, 0.15) is 5.75 Å². The second-order valence-corrected chi connectivity index (χ2v) is 7.17. The van der Waals surface area contributed by atoms with Crippen molar-refractivity contribution < 1.29 is 14.6 Å². The van der Waals surface area contributed by atoms with E-state index < -0.39 is 17.2 Å². The molecule has 144 valence electrons. The molecule has 2 N–H and O–H groups in total. The van der Waals surface area contributed by atoms with Crippen molar-refractivity contribution in [3.05, 3.63) is 75.1 Å². The zero-order valence-electron chi connectivity index (χ0n) is 15.2. The Balaban J connectivity index is 1.86. The van der Waals surface area contributed by atoms with Gasteiger partial charge >= 0.3 is 0 Å². The molecule has 0 bridgehead atoms. The number of carbonyl (C=O) groups is 1. The largest absolute Gasteiger partial charge is 0.505 e. The fraction of sp³-hybridized carbons (Fsp3) is 0.150. The third-order valence-electron chi connectivity index (χ3n) is 3.68. The summed E-state index contributed by atoms with van der Waals surface area (Å²) in [6.45, 7) is 3.84. The van der Waals surface area contributed by atoms with Gasteiger partial charge < -0.3 is 15.2 Å². The molecule has 1 amide bonds. The first-order valence-electron chi connectivity index (χ1n) is 8.51. The van der Waals surface area contributed by atoms with Gasteiger partial charge in [0.2, 0.25) is 0 Å². The molecule has 3 rings (SSSR count). The lowest BCUT2D eigenvalue weighted by molar-refractivity contribution is 0.101. The van der Waals surface area contributed by atoms with E-state index in [2.05, 4.69) is 26.3 Å². The lowest BCUT2D eigenvalue weighted by atomic mass is 10.2. The lowest BCUT2D eigenvalue weighted by Gasteiger charge is -2.11. The number of amides is 1. The predicted molar refractivity (Wildman–Crippen MR) is 109 cm³/mol. The van der Waals surface area contributed by atoms with E-state index >= 15 is 0 Å². The van der Waals surface area contributed by atoms with Crippen molar-refractivity contribution in [1.29, 1.82) is 0 Å². The number of aromatic hydroxyl groups is 1. The number of nitrogens with zero attached hydrogens (tertiary/aromatic N) is 2. The maximum Gasteiger partial charge on any atom is 0.279 e. The van der Waals surface area contributed by atoms with Crippen LogP contribution in [0, 0.1) is 0 Å². The average molecular weight is 444 g/mol. The van der Waals surface area contributed by atoms with Crippen LogP contribution in [-0.4, -0.2) is 26.9 Å². The molecule has 0 spiro atoms. The second-order valence-electron chi connectivity index (χ2n) is 6.25. The maximum atomic E-state index is 12.6. The Morgan fingerprint density at radius 1 is 1.14 bits per heavy atom. The third kappa shape index (κ3) is 4.58. The van der Waals surface area contributed by atoms with Crippen LogP contribution in [-0.2, 0) is 0 Å². The van der Waals surface area contributed by atoms with Crippen LogP contribution in [0.1, 0.15) is 24.3 Å². The average Bonchev–Trinajstić information content (AvgIpc) is 2.64. The van der Waals surface area contributed by atoms with E-state index in [4.69, 9.17) is 4.74 Å². The molecule has 7 nitrogen and oxygen atoms in total. The minimum atomic E-state index is -0.638. The third-order valence-corrected chi connectivity index (χ3v) is 4.21. The van der Waals surface area contributed by atoms with Crippen LogP contribution in [0.2, 0.25) is 0 Å². The molecular formula is C20H18BrN3O4. The number of benzene rings is 2. The number of anilines is 1. The molecule has 0 saturated carbocycles. The predicted octanol–water partition coefficient (Wildman–Crippen LogP) is 3.74. The van der Waals surface area contributed by atoms with Crippen molar-refractivity contribution in [1.82, 2.24) is 9.78 Å². The molecule has 0 aliphatic rings. The van der Waals surface area contributed by atoms with E-state index in [9.17, 15) is 14.7 Å². The molecule has 0 atom stereocenters. The summed E-state index contributed by atoms with van der Waals surface area (Å²) in [5.74, 6) is -0.450. The van der Waals surface area contributed by atoms with Crippen LogP contribution in [0.3, 0.4) is 0 Å². The van der Waals surface area contributed by atoms with Gasteiger partial charge in [0, 0.05) is 16.2 Å². The summed E-state index contributed by atoms with van der Waals surface area (Å²) in [7, 11) is 0. The summed E-state index contributed by atoms with van der Waals surface area (Å²) < 4.78 is 7.45. The molecule has 28 heavy (non-hydrogen) atoms. The number of hydrogen-bond donors (Lipinski definition) is 2. The molecule has 3 aromatic rings.